The van der Waals surface area contributed by atoms with E-state index in [1.165, 1.54) is 0 Å². The Kier molecular flexibility index (Phi) is 4.34. The fourth-order valence-corrected chi connectivity index (χ4v) is 3.23. The van der Waals surface area contributed by atoms with Gasteiger partial charge in [-0.05, 0) is 25.7 Å². The lowest BCUT2D eigenvalue weighted by molar-refractivity contribution is -0.136. The molecule has 1 amide bonds. The molecule has 1 aliphatic heterocycles. The minimum atomic E-state index is 0.188. The molecule has 0 aromatic carbocycles. The first-order chi connectivity index (χ1) is 10.2. The fourth-order valence-electron chi connectivity index (χ4n) is 3.23. The van der Waals surface area contributed by atoms with Gasteiger partial charge in [0.05, 0.1) is 6.20 Å². The van der Waals surface area contributed by atoms with E-state index >= 15 is 0 Å². The van der Waals surface area contributed by atoms with Gasteiger partial charge in [-0.25, -0.2) is 4.98 Å². The van der Waals surface area contributed by atoms with Crippen LogP contribution in [0.4, 0.5) is 5.82 Å². The van der Waals surface area contributed by atoms with Gasteiger partial charge in [0.2, 0.25) is 5.91 Å². The van der Waals surface area contributed by atoms with Crippen molar-refractivity contribution >= 4 is 11.7 Å². The monoisotopic (exact) mass is 289 g/mol. The lowest BCUT2D eigenvalue weighted by atomic mass is 9.85. The van der Waals surface area contributed by atoms with Crippen molar-refractivity contribution in [2.45, 2.75) is 31.7 Å². The van der Waals surface area contributed by atoms with Crippen LogP contribution in [0.25, 0.3) is 0 Å². The van der Waals surface area contributed by atoms with Crippen molar-refractivity contribution < 1.29 is 4.79 Å². The highest BCUT2D eigenvalue weighted by Gasteiger charge is 2.30. The number of carbonyl (C=O) groups excluding carboxylic acids is 1. The normalized spacial score (nSPS) is 26.7. The van der Waals surface area contributed by atoms with E-state index in [0.29, 0.717) is 11.9 Å². The second-order valence-electron chi connectivity index (χ2n) is 5.99. The van der Waals surface area contributed by atoms with E-state index in [2.05, 4.69) is 14.9 Å². The molecule has 6 heteroatoms. The van der Waals surface area contributed by atoms with Crippen molar-refractivity contribution in [1.29, 1.82) is 0 Å². The SMILES string of the molecule is NC1CCC(C(=O)N2CCN(c3cnccn3)CC2)CC1. The van der Waals surface area contributed by atoms with E-state index in [0.717, 1.165) is 57.7 Å². The molecule has 1 aromatic rings. The van der Waals surface area contributed by atoms with Gasteiger partial charge in [0.1, 0.15) is 5.82 Å². The van der Waals surface area contributed by atoms with Crippen LogP contribution in [0.1, 0.15) is 25.7 Å². The van der Waals surface area contributed by atoms with Crippen molar-refractivity contribution in [3.63, 3.8) is 0 Å². The van der Waals surface area contributed by atoms with Gasteiger partial charge >= 0.3 is 0 Å². The van der Waals surface area contributed by atoms with Crippen molar-refractivity contribution in [1.82, 2.24) is 14.9 Å². The van der Waals surface area contributed by atoms with Gasteiger partial charge in [-0.15, -0.1) is 0 Å². The van der Waals surface area contributed by atoms with E-state index in [1.54, 1.807) is 18.6 Å². The Morgan fingerprint density at radius 2 is 1.81 bits per heavy atom. The average Bonchev–Trinajstić information content (AvgIpc) is 2.56. The standard InChI is InChI=1S/C15H23N5O/c16-13-3-1-12(2-4-13)15(21)20-9-7-19(8-10-20)14-11-17-5-6-18-14/h5-6,11-13H,1-4,7-10,16H2. The van der Waals surface area contributed by atoms with E-state index in [-0.39, 0.29) is 5.92 Å². The third kappa shape index (κ3) is 3.32. The average molecular weight is 289 g/mol. The third-order valence-electron chi connectivity index (χ3n) is 4.59. The van der Waals surface area contributed by atoms with Gasteiger partial charge in [0, 0.05) is 50.5 Å². The van der Waals surface area contributed by atoms with Crippen LogP contribution >= 0.6 is 0 Å². The van der Waals surface area contributed by atoms with Gasteiger partial charge in [-0.1, -0.05) is 0 Å². The number of nitrogens with two attached hydrogens (primary N) is 1. The summed E-state index contributed by atoms with van der Waals surface area (Å²) in [6, 6.07) is 0.294. The maximum absolute atomic E-state index is 12.5. The molecule has 6 nitrogen and oxygen atoms in total. The Labute approximate surface area is 125 Å². The highest BCUT2D eigenvalue weighted by Crippen LogP contribution is 2.25. The molecule has 1 saturated heterocycles. The maximum atomic E-state index is 12.5. The molecule has 0 atom stereocenters. The molecule has 2 N–H and O–H groups in total. The van der Waals surface area contributed by atoms with Gasteiger partial charge in [0.15, 0.2) is 0 Å². The van der Waals surface area contributed by atoms with E-state index in [4.69, 9.17) is 5.73 Å². The summed E-state index contributed by atoms with van der Waals surface area (Å²) in [5, 5.41) is 0. The predicted octanol–water partition coefficient (Wildman–Crippen LogP) is 0.643. The summed E-state index contributed by atoms with van der Waals surface area (Å²) in [7, 11) is 0. The molecule has 1 saturated carbocycles. The van der Waals surface area contributed by atoms with Crippen LogP contribution in [0, 0.1) is 5.92 Å². The summed E-state index contributed by atoms with van der Waals surface area (Å²) in [4.78, 5) is 25.2. The number of nitrogens with zero attached hydrogens (tertiary/aromatic N) is 4. The lowest BCUT2D eigenvalue weighted by Gasteiger charge is -2.38. The number of carbonyl (C=O) groups is 1. The van der Waals surface area contributed by atoms with Crippen LogP contribution in [0.15, 0.2) is 18.6 Å². The van der Waals surface area contributed by atoms with Crippen molar-refractivity contribution in [2.75, 3.05) is 31.1 Å². The molecule has 0 unspecified atom stereocenters. The number of piperazine rings is 1. The zero-order valence-corrected chi connectivity index (χ0v) is 12.3. The maximum Gasteiger partial charge on any atom is 0.225 e. The fraction of sp³-hybridized carbons (Fsp3) is 0.667. The second-order valence-corrected chi connectivity index (χ2v) is 5.99. The Morgan fingerprint density at radius 1 is 1.10 bits per heavy atom. The minimum absolute atomic E-state index is 0.188. The van der Waals surface area contributed by atoms with Crippen LogP contribution in [0.2, 0.25) is 0 Å². The number of rotatable bonds is 2. The van der Waals surface area contributed by atoms with Crippen LogP contribution < -0.4 is 10.6 Å². The number of hydrogen-bond acceptors (Lipinski definition) is 5. The molecule has 21 heavy (non-hydrogen) atoms. The van der Waals surface area contributed by atoms with Crippen LogP contribution in [0.5, 0.6) is 0 Å². The summed E-state index contributed by atoms with van der Waals surface area (Å²) in [5.41, 5.74) is 5.91. The lowest BCUT2D eigenvalue weighted by Crippen LogP contribution is -2.51. The number of anilines is 1. The molecule has 2 heterocycles. The number of hydrogen-bond donors (Lipinski definition) is 1. The zero-order valence-electron chi connectivity index (χ0n) is 12.3. The van der Waals surface area contributed by atoms with E-state index in [1.807, 2.05) is 4.90 Å². The quantitative estimate of drug-likeness (QED) is 0.865. The van der Waals surface area contributed by atoms with Gasteiger partial charge in [0.25, 0.3) is 0 Å². The highest BCUT2D eigenvalue weighted by molar-refractivity contribution is 5.79. The molecule has 0 spiro atoms. The summed E-state index contributed by atoms with van der Waals surface area (Å²) >= 11 is 0. The predicted molar refractivity (Wildman–Crippen MR) is 80.8 cm³/mol. The van der Waals surface area contributed by atoms with E-state index in [9.17, 15) is 4.79 Å². The molecule has 1 aliphatic carbocycles. The van der Waals surface area contributed by atoms with Crippen molar-refractivity contribution in [3.05, 3.63) is 18.6 Å². The van der Waals surface area contributed by atoms with Gasteiger partial charge < -0.3 is 15.5 Å². The Hall–Kier alpha value is -1.69. The van der Waals surface area contributed by atoms with Crippen molar-refractivity contribution in [2.24, 2.45) is 11.7 Å². The summed E-state index contributed by atoms with van der Waals surface area (Å²) in [6.07, 6.45) is 9.02. The summed E-state index contributed by atoms with van der Waals surface area (Å²) in [6.45, 7) is 3.21. The first kappa shape index (κ1) is 14.3. The van der Waals surface area contributed by atoms with E-state index < -0.39 is 0 Å². The molecule has 0 bridgehead atoms. The second kappa shape index (κ2) is 6.39. The Morgan fingerprint density at radius 3 is 2.43 bits per heavy atom. The molecular weight excluding hydrogens is 266 g/mol. The topological polar surface area (TPSA) is 75.4 Å². The molecule has 3 rings (SSSR count). The third-order valence-corrected chi connectivity index (χ3v) is 4.59. The molecular formula is C15H23N5O. The molecule has 0 radical (unpaired) electrons. The first-order valence-electron chi connectivity index (χ1n) is 7.79. The molecule has 2 fully saturated rings. The number of aromatic nitrogens is 2. The Balaban J connectivity index is 1.52. The highest BCUT2D eigenvalue weighted by atomic mass is 16.2. The van der Waals surface area contributed by atoms with Crippen LogP contribution in [-0.4, -0.2) is 53.0 Å². The first-order valence-corrected chi connectivity index (χ1v) is 7.79. The zero-order chi connectivity index (χ0) is 14.7. The molecule has 114 valence electrons. The summed E-state index contributed by atoms with van der Waals surface area (Å²) in [5.74, 6) is 1.40. The summed E-state index contributed by atoms with van der Waals surface area (Å²) < 4.78 is 0. The van der Waals surface area contributed by atoms with Crippen molar-refractivity contribution in [3.8, 4) is 0 Å². The van der Waals surface area contributed by atoms with Gasteiger partial charge in [-0.2, -0.15) is 0 Å². The minimum Gasteiger partial charge on any atom is -0.352 e. The largest absolute Gasteiger partial charge is 0.352 e. The van der Waals surface area contributed by atoms with Crippen LogP contribution in [0.3, 0.4) is 0 Å². The smallest absolute Gasteiger partial charge is 0.225 e. The number of amides is 1. The van der Waals surface area contributed by atoms with Gasteiger partial charge in [-0.3, -0.25) is 9.78 Å². The molecule has 1 aromatic heterocycles. The Bertz CT molecular complexity index is 464. The van der Waals surface area contributed by atoms with Crippen LogP contribution in [-0.2, 0) is 4.79 Å². The molecule has 2 aliphatic rings.